The van der Waals surface area contributed by atoms with E-state index in [1.165, 1.54) is 32.1 Å². The predicted octanol–water partition coefficient (Wildman–Crippen LogP) is 3.67. The van der Waals surface area contributed by atoms with Crippen molar-refractivity contribution >= 4 is 0 Å². The lowest BCUT2D eigenvalue weighted by atomic mass is 9.69. The number of hydrogen-bond acceptors (Lipinski definition) is 1. The monoisotopic (exact) mass is 204 g/mol. The number of rotatable bonds is 0. The Bertz CT molecular complexity index is 315. The van der Waals surface area contributed by atoms with Gasteiger partial charge >= 0.3 is 0 Å². The van der Waals surface area contributed by atoms with Gasteiger partial charge in [-0.1, -0.05) is 24.6 Å². The van der Waals surface area contributed by atoms with Gasteiger partial charge in [0.15, 0.2) is 0 Å². The van der Waals surface area contributed by atoms with E-state index in [0.29, 0.717) is 17.9 Å². The Hall–Kier alpha value is -0.720. The first-order valence-electron chi connectivity index (χ1n) is 6.32. The Morgan fingerprint density at radius 2 is 2.27 bits per heavy atom. The molecule has 3 aliphatic rings. The SMILES string of the molecule is C=C1OC(C)C2CC3CCCCC3=CC12. The van der Waals surface area contributed by atoms with Crippen LogP contribution in [0.4, 0.5) is 0 Å². The van der Waals surface area contributed by atoms with Gasteiger partial charge in [-0.2, -0.15) is 0 Å². The van der Waals surface area contributed by atoms with Gasteiger partial charge < -0.3 is 4.74 Å². The first kappa shape index (κ1) is 9.50. The fourth-order valence-corrected chi connectivity index (χ4v) is 3.65. The standard InChI is InChI=1S/C14H20O/c1-9-13-7-11-5-3-4-6-12(11)8-14(13)10(2)15-9/h7,10,12-14H,1,3-6,8H2,2H3. The highest BCUT2D eigenvalue weighted by Gasteiger charge is 2.42. The zero-order valence-electron chi connectivity index (χ0n) is 9.54. The van der Waals surface area contributed by atoms with Gasteiger partial charge in [0, 0.05) is 11.8 Å². The molecule has 4 atom stereocenters. The normalized spacial score (nSPS) is 44.1. The Balaban J connectivity index is 1.90. The van der Waals surface area contributed by atoms with Gasteiger partial charge in [0.2, 0.25) is 0 Å². The highest BCUT2D eigenvalue weighted by Crippen LogP contribution is 2.48. The minimum absolute atomic E-state index is 0.391. The van der Waals surface area contributed by atoms with Gasteiger partial charge in [0.1, 0.15) is 0 Å². The van der Waals surface area contributed by atoms with Crippen molar-refractivity contribution in [3.63, 3.8) is 0 Å². The number of allylic oxidation sites excluding steroid dienone is 2. The van der Waals surface area contributed by atoms with Crippen molar-refractivity contribution in [2.45, 2.75) is 45.1 Å². The smallest absolute Gasteiger partial charge is 0.0992 e. The third-order valence-electron chi connectivity index (χ3n) is 4.52. The van der Waals surface area contributed by atoms with Crippen LogP contribution in [0.25, 0.3) is 0 Å². The summed E-state index contributed by atoms with van der Waals surface area (Å²) < 4.78 is 5.78. The van der Waals surface area contributed by atoms with Crippen molar-refractivity contribution in [2.24, 2.45) is 17.8 Å². The summed E-state index contributed by atoms with van der Waals surface area (Å²) >= 11 is 0. The third kappa shape index (κ3) is 1.44. The molecular weight excluding hydrogens is 184 g/mol. The van der Waals surface area contributed by atoms with Crippen molar-refractivity contribution in [2.75, 3.05) is 0 Å². The largest absolute Gasteiger partial charge is 0.495 e. The van der Waals surface area contributed by atoms with Crippen molar-refractivity contribution in [3.8, 4) is 0 Å². The van der Waals surface area contributed by atoms with E-state index in [-0.39, 0.29) is 0 Å². The third-order valence-corrected chi connectivity index (χ3v) is 4.52. The zero-order valence-corrected chi connectivity index (χ0v) is 9.54. The molecule has 0 aromatic carbocycles. The molecule has 4 unspecified atom stereocenters. The van der Waals surface area contributed by atoms with Crippen LogP contribution in [0.1, 0.15) is 39.0 Å². The summed E-state index contributed by atoms with van der Waals surface area (Å²) in [7, 11) is 0. The Morgan fingerprint density at radius 3 is 3.13 bits per heavy atom. The molecule has 0 N–H and O–H groups in total. The second kappa shape index (κ2) is 3.40. The molecule has 1 nitrogen and oxygen atoms in total. The highest BCUT2D eigenvalue weighted by molar-refractivity contribution is 5.23. The summed E-state index contributed by atoms with van der Waals surface area (Å²) in [5, 5.41) is 0. The molecule has 15 heavy (non-hydrogen) atoms. The van der Waals surface area contributed by atoms with Crippen molar-refractivity contribution in [1.29, 1.82) is 0 Å². The number of ether oxygens (including phenoxy) is 1. The molecule has 82 valence electrons. The van der Waals surface area contributed by atoms with Crippen LogP contribution in [0, 0.1) is 17.8 Å². The molecule has 1 heterocycles. The average Bonchev–Trinajstić information content (AvgIpc) is 2.52. The van der Waals surface area contributed by atoms with Crippen LogP contribution >= 0.6 is 0 Å². The van der Waals surface area contributed by atoms with E-state index in [9.17, 15) is 0 Å². The first-order chi connectivity index (χ1) is 7.25. The molecular formula is C14H20O. The lowest BCUT2D eigenvalue weighted by Crippen LogP contribution is -2.27. The summed E-state index contributed by atoms with van der Waals surface area (Å²) in [6.45, 7) is 6.27. The topological polar surface area (TPSA) is 9.23 Å². The van der Waals surface area contributed by atoms with Crippen LogP contribution in [0.15, 0.2) is 24.0 Å². The molecule has 2 fully saturated rings. The van der Waals surface area contributed by atoms with Crippen LogP contribution < -0.4 is 0 Å². The molecule has 1 heteroatoms. The second-order valence-corrected chi connectivity index (χ2v) is 5.40. The summed E-state index contributed by atoms with van der Waals surface area (Å²) in [6, 6.07) is 0. The highest BCUT2D eigenvalue weighted by atomic mass is 16.5. The molecule has 1 saturated carbocycles. The number of fused-ring (bicyclic) bond motifs is 2. The van der Waals surface area contributed by atoms with Crippen LogP contribution in [-0.4, -0.2) is 6.10 Å². The van der Waals surface area contributed by atoms with Crippen LogP contribution in [0.5, 0.6) is 0 Å². The maximum Gasteiger partial charge on any atom is 0.0992 e. The zero-order chi connectivity index (χ0) is 10.4. The van der Waals surface area contributed by atoms with E-state index >= 15 is 0 Å². The van der Waals surface area contributed by atoms with Gasteiger partial charge in [-0.25, -0.2) is 0 Å². The maximum atomic E-state index is 5.78. The van der Waals surface area contributed by atoms with Crippen molar-refractivity contribution < 1.29 is 4.74 Å². The van der Waals surface area contributed by atoms with Crippen molar-refractivity contribution in [1.82, 2.24) is 0 Å². The summed E-state index contributed by atoms with van der Waals surface area (Å²) in [5.74, 6) is 3.13. The quantitative estimate of drug-likeness (QED) is 0.547. The Labute approximate surface area is 92.2 Å². The van der Waals surface area contributed by atoms with Gasteiger partial charge in [0.05, 0.1) is 11.9 Å². The van der Waals surface area contributed by atoms with Crippen LogP contribution in [-0.2, 0) is 4.74 Å². The van der Waals surface area contributed by atoms with Crippen molar-refractivity contribution in [3.05, 3.63) is 24.0 Å². The molecule has 0 spiro atoms. The predicted molar refractivity (Wildman–Crippen MR) is 61.3 cm³/mol. The van der Waals surface area contributed by atoms with E-state index in [1.807, 2.05) is 0 Å². The summed E-state index contributed by atoms with van der Waals surface area (Å²) in [6.07, 6.45) is 9.78. The van der Waals surface area contributed by atoms with Gasteiger partial charge in [-0.15, -0.1) is 0 Å². The number of hydrogen-bond donors (Lipinski definition) is 0. The molecule has 0 aromatic heterocycles. The Kier molecular flexibility index (Phi) is 2.15. The molecule has 0 radical (unpaired) electrons. The average molecular weight is 204 g/mol. The minimum Gasteiger partial charge on any atom is -0.495 e. The van der Waals surface area contributed by atoms with Gasteiger partial charge in [-0.05, 0) is 38.5 Å². The first-order valence-corrected chi connectivity index (χ1v) is 6.32. The fraction of sp³-hybridized carbons (Fsp3) is 0.714. The van der Waals surface area contributed by atoms with Crippen LogP contribution in [0.2, 0.25) is 0 Å². The van der Waals surface area contributed by atoms with E-state index < -0.39 is 0 Å². The molecule has 3 rings (SSSR count). The Morgan fingerprint density at radius 1 is 1.40 bits per heavy atom. The molecule has 2 aliphatic carbocycles. The molecule has 0 bridgehead atoms. The lowest BCUT2D eigenvalue weighted by molar-refractivity contribution is 0.135. The van der Waals surface area contributed by atoms with E-state index in [4.69, 9.17) is 4.74 Å². The van der Waals surface area contributed by atoms with E-state index in [2.05, 4.69) is 19.6 Å². The maximum absolute atomic E-state index is 5.78. The molecule has 1 saturated heterocycles. The lowest BCUT2D eigenvalue weighted by Gasteiger charge is -2.34. The van der Waals surface area contributed by atoms with Crippen LogP contribution in [0.3, 0.4) is 0 Å². The van der Waals surface area contributed by atoms with E-state index in [0.717, 1.165) is 11.7 Å². The summed E-state index contributed by atoms with van der Waals surface area (Å²) in [4.78, 5) is 0. The second-order valence-electron chi connectivity index (χ2n) is 5.40. The van der Waals surface area contributed by atoms with E-state index in [1.54, 1.807) is 5.57 Å². The minimum atomic E-state index is 0.391. The molecule has 0 amide bonds. The fourth-order valence-electron chi connectivity index (χ4n) is 3.65. The molecule has 0 aromatic rings. The molecule has 1 aliphatic heterocycles. The summed E-state index contributed by atoms with van der Waals surface area (Å²) in [5.41, 5.74) is 1.71. The van der Waals surface area contributed by atoms with Gasteiger partial charge in [-0.3, -0.25) is 0 Å². The van der Waals surface area contributed by atoms with Gasteiger partial charge in [0.25, 0.3) is 0 Å².